The van der Waals surface area contributed by atoms with Crippen molar-refractivity contribution in [1.82, 2.24) is 15.1 Å². The zero-order valence-electron chi connectivity index (χ0n) is 12.3. The molecule has 1 aromatic heterocycles. The van der Waals surface area contributed by atoms with Crippen molar-refractivity contribution < 1.29 is 5.11 Å². The smallest absolute Gasteiger partial charge is 0.0920 e. The van der Waals surface area contributed by atoms with E-state index in [2.05, 4.69) is 15.1 Å². The van der Waals surface area contributed by atoms with E-state index in [0.29, 0.717) is 0 Å². The second kappa shape index (κ2) is 6.41. The van der Waals surface area contributed by atoms with E-state index < -0.39 is 5.60 Å². The lowest BCUT2D eigenvalue weighted by Crippen LogP contribution is -2.42. The molecule has 2 N–H and O–H groups in total. The quantitative estimate of drug-likeness (QED) is 0.886. The Morgan fingerprint density at radius 1 is 1.19 bits per heavy atom. The van der Waals surface area contributed by atoms with Crippen molar-refractivity contribution in [3.05, 3.63) is 53.9 Å². The van der Waals surface area contributed by atoms with Crippen LogP contribution in [0.3, 0.4) is 0 Å². The fourth-order valence-corrected chi connectivity index (χ4v) is 3.10. The van der Waals surface area contributed by atoms with Gasteiger partial charge < -0.3 is 10.0 Å². The largest absolute Gasteiger partial charge is 0.385 e. The van der Waals surface area contributed by atoms with Gasteiger partial charge in [-0.1, -0.05) is 30.3 Å². The summed E-state index contributed by atoms with van der Waals surface area (Å²) in [6, 6.07) is 10.1. The first-order chi connectivity index (χ1) is 10.3. The third kappa shape index (κ3) is 3.52. The summed E-state index contributed by atoms with van der Waals surface area (Å²) in [5.74, 6) is 0. The summed E-state index contributed by atoms with van der Waals surface area (Å²) < 4.78 is 0. The van der Waals surface area contributed by atoms with Crippen LogP contribution in [0, 0.1) is 0 Å². The van der Waals surface area contributed by atoms with Crippen LogP contribution in [0.15, 0.2) is 42.7 Å². The number of aryl methyl sites for hydroxylation is 1. The van der Waals surface area contributed by atoms with Gasteiger partial charge in [-0.15, -0.1) is 0 Å². The maximum atomic E-state index is 10.8. The molecule has 21 heavy (non-hydrogen) atoms. The molecule has 1 saturated heterocycles. The molecule has 4 heteroatoms. The van der Waals surface area contributed by atoms with Gasteiger partial charge in [0.15, 0.2) is 0 Å². The minimum atomic E-state index is -0.637. The first-order valence-electron chi connectivity index (χ1n) is 7.74. The molecule has 2 aromatic rings. The van der Waals surface area contributed by atoms with E-state index in [0.717, 1.165) is 50.9 Å². The number of rotatable bonds is 5. The molecule has 2 heterocycles. The number of likely N-dealkylation sites (tertiary alicyclic amines) is 1. The van der Waals surface area contributed by atoms with Crippen molar-refractivity contribution in [3.8, 4) is 0 Å². The number of hydrogen-bond acceptors (Lipinski definition) is 3. The van der Waals surface area contributed by atoms with Gasteiger partial charge in [-0.2, -0.15) is 5.10 Å². The van der Waals surface area contributed by atoms with Crippen molar-refractivity contribution in [2.45, 2.75) is 31.3 Å². The third-order valence-corrected chi connectivity index (χ3v) is 4.49. The summed E-state index contributed by atoms with van der Waals surface area (Å²) in [4.78, 5) is 2.46. The highest BCUT2D eigenvalue weighted by Gasteiger charge is 2.33. The van der Waals surface area contributed by atoms with Gasteiger partial charge in [-0.3, -0.25) is 5.10 Å². The summed E-state index contributed by atoms with van der Waals surface area (Å²) in [6.07, 6.45) is 7.71. The molecule has 4 nitrogen and oxygen atoms in total. The maximum absolute atomic E-state index is 10.8. The minimum Gasteiger partial charge on any atom is -0.385 e. The molecule has 112 valence electrons. The van der Waals surface area contributed by atoms with Crippen molar-refractivity contribution in [2.24, 2.45) is 0 Å². The van der Waals surface area contributed by atoms with Crippen LogP contribution in [0.4, 0.5) is 0 Å². The zero-order valence-corrected chi connectivity index (χ0v) is 12.3. The van der Waals surface area contributed by atoms with Gasteiger partial charge >= 0.3 is 0 Å². The van der Waals surface area contributed by atoms with Crippen LogP contribution in [0.1, 0.15) is 30.4 Å². The lowest BCUT2D eigenvalue weighted by Gasteiger charge is -2.38. The summed E-state index contributed by atoms with van der Waals surface area (Å²) in [5, 5.41) is 17.6. The van der Waals surface area contributed by atoms with Crippen molar-refractivity contribution >= 4 is 0 Å². The summed E-state index contributed by atoms with van der Waals surface area (Å²) in [6.45, 7) is 3.03. The Hall–Kier alpha value is -1.65. The van der Waals surface area contributed by atoms with Gasteiger partial charge in [0.25, 0.3) is 0 Å². The van der Waals surface area contributed by atoms with Crippen LogP contribution in [-0.2, 0) is 12.0 Å². The molecule has 3 rings (SSSR count). The number of aromatic nitrogens is 2. The molecule has 1 aliphatic rings. The van der Waals surface area contributed by atoms with Gasteiger partial charge in [-0.25, -0.2) is 0 Å². The summed E-state index contributed by atoms with van der Waals surface area (Å²) in [7, 11) is 0. The fraction of sp³-hybridized carbons (Fsp3) is 0.471. The topological polar surface area (TPSA) is 52.1 Å². The summed E-state index contributed by atoms with van der Waals surface area (Å²) >= 11 is 0. The van der Waals surface area contributed by atoms with Crippen LogP contribution < -0.4 is 0 Å². The molecular weight excluding hydrogens is 262 g/mol. The highest BCUT2D eigenvalue weighted by atomic mass is 16.3. The highest BCUT2D eigenvalue weighted by Crippen LogP contribution is 2.32. The van der Waals surface area contributed by atoms with E-state index in [1.165, 1.54) is 5.56 Å². The normalized spacial score (nSPS) is 18.7. The number of nitrogens with one attached hydrogen (secondary N) is 1. The molecule has 0 unspecified atom stereocenters. The molecule has 1 fully saturated rings. The van der Waals surface area contributed by atoms with E-state index in [1.54, 1.807) is 0 Å². The molecule has 0 bridgehead atoms. The molecule has 0 radical (unpaired) electrons. The van der Waals surface area contributed by atoms with Crippen molar-refractivity contribution in [2.75, 3.05) is 19.6 Å². The predicted octanol–water partition coefficient (Wildman–Crippen LogP) is 2.33. The first-order valence-corrected chi connectivity index (χ1v) is 7.74. The van der Waals surface area contributed by atoms with E-state index >= 15 is 0 Å². The number of piperidine rings is 1. The maximum Gasteiger partial charge on any atom is 0.0920 e. The second-order valence-electron chi connectivity index (χ2n) is 5.95. The van der Waals surface area contributed by atoms with Gasteiger partial charge in [0.05, 0.1) is 11.8 Å². The Morgan fingerprint density at radius 3 is 2.62 bits per heavy atom. The Labute approximate surface area is 125 Å². The molecule has 0 spiro atoms. The van der Waals surface area contributed by atoms with Crippen LogP contribution in [-0.4, -0.2) is 39.8 Å². The average Bonchev–Trinajstić information content (AvgIpc) is 3.04. The lowest BCUT2D eigenvalue weighted by atomic mass is 9.84. The molecule has 1 aliphatic heterocycles. The SMILES string of the molecule is OC1(c2ccccc2)CCN(CCCc2cn[nH]c2)CC1. The van der Waals surface area contributed by atoms with Crippen LogP contribution in [0.2, 0.25) is 0 Å². The average molecular weight is 285 g/mol. The monoisotopic (exact) mass is 285 g/mol. The summed E-state index contributed by atoms with van der Waals surface area (Å²) in [5.41, 5.74) is 1.69. The molecule has 0 aliphatic carbocycles. The van der Waals surface area contributed by atoms with Gasteiger partial charge in [0.1, 0.15) is 0 Å². The number of benzene rings is 1. The molecular formula is C17H23N3O. The predicted molar refractivity (Wildman–Crippen MR) is 82.9 cm³/mol. The minimum absolute atomic E-state index is 0.637. The number of H-pyrrole nitrogens is 1. The number of nitrogens with zero attached hydrogens (tertiary/aromatic N) is 2. The highest BCUT2D eigenvalue weighted by molar-refractivity contribution is 5.22. The molecule has 0 saturated carbocycles. The Bertz CT molecular complexity index is 530. The second-order valence-corrected chi connectivity index (χ2v) is 5.95. The number of hydrogen-bond donors (Lipinski definition) is 2. The fourth-order valence-electron chi connectivity index (χ4n) is 3.10. The molecule has 0 atom stereocenters. The first kappa shape index (κ1) is 14.3. The zero-order chi connectivity index (χ0) is 14.5. The van der Waals surface area contributed by atoms with Crippen LogP contribution >= 0.6 is 0 Å². The number of aromatic amines is 1. The Morgan fingerprint density at radius 2 is 1.95 bits per heavy atom. The van der Waals surface area contributed by atoms with Crippen molar-refractivity contribution in [3.63, 3.8) is 0 Å². The van der Waals surface area contributed by atoms with E-state index in [-0.39, 0.29) is 0 Å². The molecule has 0 amide bonds. The van der Waals surface area contributed by atoms with Gasteiger partial charge in [0.2, 0.25) is 0 Å². The molecule has 1 aromatic carbocycles. The van der Waals surface area contributed by atoms with Crippen LogP contribution in [0.5, 0.6) is 0 Å². The van der Waals surface area contributed by atoms with Gasteiger partial charge in [-0.05, 0) is 43.4 Å². The number of aliphatic hydroxyl groups is 1. The van der Waals surface area contributed by atoms with E-state index in [4.69, 9.17) is 0 Å². The van der Waals surface area contributed by atoms with E-state index in [9.17, 15) is 5.11 Å². The van der Waals surface area contributed by atoms with Gasteiger partial charge in [0, 0.05) is 19.3 Å². The van der Waals surface area contributed by atoms with Crippen LogP contribution in [0.25, 0.3) is 0 Å². The Balaban J connectivity index is 1.46. The van der Waals surface area contributed by atoms with Crippen molar-refractivity contribution in [1.29, 1.82) is 0 Å². The third-order valence-electron chi connectivity index (χ3n) is 4.49. The lowest BCUT2D eigenvalue weighted by molar-refractivity contribution is -0.0259. The van der Waals surface area contributed by atoms with E-state index in [1.807, 2.05) is 42.7 Å². The Kier molecular flexibility index (Phi) is 4.36. The standard InChI is InChI=1S/C17H23N3O/c21-17(16-6-2-1-3-7-16)8-11-20(12-9-17)10-4-5-15-13-18-19-14-15/h1-3,6-7,13-14,21H,4-5,8-12H2,(H,18,19).